The van der Waals surface area contributed by atoms with E-state index in [1.807, 2.05) is 30.3 Å². The molecular formula is C17H16OS. The third-order valence-corrected chi connectivity index (χ3v) is 4.68. The van der Waals surface area contributed by atoms with E-state index in [1.54, 1.807) is 11.8 Å². The molecule has 2 aromatic rings. The Morgan fingerprint density at radius 1 is 0.947 bits per heavy atom. The van der Waals surface area contributed by atoms with Crippen LogP contribution in [0.25, 0.3) is 6.08 Å². The highest BCUT2D eigenvalue weighted by atomic mass is 32.2. The van der Waals surface area contributed by atoms with Gasteiger partial charge < -0.3 is 5.11 Å². The summed E-state index contributed by atoms with van der Waals surface area (Å²) in [5.74, 6) is 0.926. The van der Waals surface area contributed by atoms with Crippen LogP contribution in [0.5, 0.6) is 0 Å². The first-order chi connectivity index (χ1) is 9.34. The summed E-state index contributed by atoms with van der Waals surface area (Å²) in [6, 6.07) is 18.4. The number of hydrogen-bond acceptors (Lipinski definition) is 2. The van der Waals surface area contributed by atoms with E-state index < -0.39 is 6.10 Å². The molecule has 0 spiro atoms. The van der Waals surface area contributed by atoms with Gasteiger partial charge in [0.2, 0.25) is 0 Å². The molecule has 0 radical (unpaired) electrons. The Hall–Kier alpha value is -1.51. The van der Waals surface area contributed by atoms with E-state index >= 15 is 0 Å². The van der Waals surface area contributed by atoms with Crippen molar-refractivity contribution in [1.82, 2.24) is 0 Å². The normalized spacial score (nSPS) is 21.1. The number of aliphatic hydroxyl groups excluding tert-OH is 1. The molecule has 19 heavy (non-hydrogen) atoms. The molecule has 0 aliphatic heterocycles. The summed E-state index contributed by atoms with van der Waals surface area (Å²) < 4.78 is 0. The number of thioether (sulfide) groups is 1. The zero-order valence-corrected chi connectivity index (χ0v) is 11.4. The summed E-state index contributed by atoms with van der Waals surface area (Å²) in [5.41, 5.74) is 3.47. The summed E-state index contributed by atoms with van der Waals surface area (Å²) in [7, 11) is 0. The van der Waals surface area contributed by atoms with Gasteiger partial charge in [0.15, 0.2) is 0 Å². The van der Waals surface area contributed by atoms with E-state index in [-0.39, 0.29) is 5.25 Å². The van der Waals surface area contributed by atoms with Crippen molar-refractivity contribution in [3.8, 4) is 0 Å². The minimum absolute atomic E-state index is 0.134. The molecule has 1 N–H and O–H groups in total. The first-order valence-corrected chi connectivity index (χ1v) is 7.50. The van der Waals surface area contributed by atoms with E-state index in [0.29, 0.717) is 0 Å². The van der Waals surface area contributed by atoms with Crippen molar-refractivity contribution in [3.63, 3.8) is 0 Å². The smallest absolute Gasteiger partial charge is 0.0949 e. The Morgan fingerprint density at radius 2 is 1.68 bits per heavy atom. The molecule has 2 atom stereocenters. The minimum Gasteiger partial charge on any atom is -0.387 e. The second-order valence-electron chi connectivity index (χ2n) is 4.69. The third kappa shape index (κ3) is 2.75. The summed E-state index contributed by atoms with van der Waals surface area (Å²) in [6.45, 7) is 0. The van der Waals surface area contributed by atoms with Gasteiger partial charge >= 0.3 is 0 Å². The topological polar surface area (TPSA) is 20.2 Å². The van der Waals surface area contributed by atoms with Gasteiger partial charge in [0.25, 0.3) is 0 Å². The summed E-state index contributed by atoms with van der Waals surface area (Å²) in [5, 5.41) is 10.6. The molecule has 0 saturated carbocycles. The van der Waals surface area contributed by atoms with Crippen molar-refractivity contribution in [1.29, 1.82) is 0 Å². The second-order valence-corrected chi connectivity index (χ2v) is 5.86. The Balaban J connectivity index is 1.71. The highest BCUT2D eigenvalue weighted by Gasteiger charge is 2.23. The van der Waals surface area contributed by atoms with Crippen molar-refractivity contribution >= 4 is 17.8 Å². The Bertz CT molecular complexity index is 577. The van der Waals surface area contributed by atoms with Crippen LogP contribution < -0.4 is 0 Å². The molecule has 0 saturated heterocycles. The van der Waals surface area contributed by atoms with E-state index in [2.05, 4.69) is 36.4 Å². The number of hydrogen-bond donors (Lipinski definition) is 1. The first kappa shape index (κ1) is 12.5. The lowest BCUT2D eigenvalue weighted by molar-refractivity contribution is 0.185. The van der Waals surface area contributed by atoms with Crippen molar-refractivity contribution in [3.05, 3.63) is 77.4 Å². The van der Waals surface area contributed by atoms with Crippen LogP contribution in [0.1, 0.15) is 22.8 Å². The lowest BCUT2D eigenvalue weighted by Gasteiger charge is -2.25. The summed E-state index contributed by atoms with van der Waals surface area (Å²) in [6.07, 6.45) is 3.82. The van der Waals surface area contributed by atoms with Gasteiger partial charge in [0.05, 0.1) is 11.4 Å². The monoisotopic (exact) mass is 268 g/mol. The first-order valence-electron chi connectivity index (χ1n) is 6.45. The van der Waals surface area contributed by atoms with Crippen LogP contribution >= 0.6 is 11.8 Å². The van der Waals surface area contributed by atoms with Crippen LogP contribution in [0.4, 0.5) is 0 Å². The molecule has 0 amide bonds. The third-order valence-electron chi connectivity index (χ3n) is 3.38. The predicted octanol–water partition coefficient (Wildman–Crippen LogP) is 4.05. The zero-order chi connectivity index (χ0) is 13.1. The molecule has 1 aliphatic carbocycles. The standard InChI is InChI=1S/C17H16OS/c18-17-15-9-5-4-8-14(15)10-11-16(17)19-12-13-6-2-1-3-7-13/h1-11,16-18H,12H2/t16-,17-/m1/s1. The number of benzene rings is 2. The molecule has 0 bridgehead atoms. The van der Waals surface area contributed by atoms with E-state index in [4.69, 9.17) is 0 Å². The molecule has 2 heteroatoms. The van der Waals surface area contributed by atoms with Crippen LogP contribution in [0.2, 0.25) is 0 Å². The van der Waals surface area contributed by atoms with E-state index in [9.17, 15) is 5.11 Å². The second kappa shape index (κ2) is 5.64. The molecule has 1 aliphatic rings. The van der Waals surface area contributed by atoms with Gasteiger partial charge in [-0.3, -0.25) is 0 Å². The Kier molecular flexibility index (Phi) is 3.72. The van der Waals surface area contributed by atoms with E-state index in [0.717, 1.165) is 16.9 Å². The Morgan fingerprint density at radius 3 is 2.53 bits per heavy atom. The van der Waals surface area contributed by atoms with Gasteiger partial charge in [-0.15, -0.1) is 11.8 Å². The van der Waals surface area contributed by atoms with Gasteiger partial charge in [-0.25, -0.2) is 0 Å². The average Bonchev–Trinajstić information content (AvgIpc) is 2.48. The van der Waals surface area contributed by atoms with Crippen LogP contribution in [0.3, 0.4) is 0 Å². The average molecular weight is 268 g/mol. The fraction of sp³-hybridized carbons (Fsp3) is 0.176. The maximum absolute atomic E-state index is 10.4. The number of aliphatic hydroxyl groups is 1. The zero-order valence-electron chi connectivity index (χ0n) is 10.6. The quantitative estimate of drug-likeness (QED) is 0.906. The lowest BCUT2D eigenvalue weighted by Crippen LogP contribution is -2.17. The maximum Gasteiger partial charge on any atom is 0.0949 e. The molecule has 0 unspecified atom stereocenters. The van der Waals surface area contributed by atoms with Crippen LogP contribution in [-0.2, 0) is 5.75 Å². The summed E-state index contributed by atoms with van der Waals surface area (Å²) >= 11 is 1.79. The largest absolute Gasteiger partial charge is 0.387 e. The fourth-order valence-electron chi connectivity index (χ4n) is 2.33. The van der Waals surface area contributed by atoms with Crippen molar-refractivity contribution in [2.24, 2.45) is 0 Å². The molecule has 0 fully saturated rings. The van der Waals surface area contributed by atoms with Crippen LogP contribution in [0.15, 0.2) is 60.7 Å². The number of fused-ring (bicyclic) bond motifs is 1. The SMILES string of the molecule is O[C@@H]1c2ccccc2C=C[C@H]1SCc1ccccc1. The molecule has 3 rings (SSSR count). The molecule has 96 valence electrons. The molecule has 0 heterocycles. The predicted molar refractivity (Wildman–Crippen MR) is 82.0 cm³/mol. The number of rotatable bonds is 3. The molecular weight excluding hydrogens is 252 g/mol. The van der Waals surface area contributed by atoms with Gasteiger partial charge in [-0.1, -0.05) is 66.7 Å². The highest BCUT2D eigenvalue weighted by Crippen LogP contribution is 2.35. The fourth-order valence-corrected chi connectivity index (χ4v) is 3.42. The molecule has 0 aromatic heterocycles. The highest BCUT2D eigenvalue weighted by molar-refractivity contribution is 7.99. The van der Waals surface area contributed by atoms with Crippen molar-refractivity contribution in [2.45, 2.75) is 17.1 Å². The van der Waals surface area contributed by atoms with Crippen molar-refractivity contribution in [2.75, 3.05) is 0 Å². The van der Waals surface area contributed by atoms with Gasteiger partial charge in [-0.05, 0) is 16.7 Å². The maximum atomic E-state index is 10.4. The minimum atomic E-state index is -0.407. The summed E-state index contributed by atoms with van der Waals surface area (Å²) in [4.78, 5) is 0. The molecule has 1 nitrogen and oxygen atoms in total. The lowest BCUT2D eigenvalue weighted by atomic mass is 9.95. The van der Waals surface area contributed by atoms with Crippen LogP contribution in [-0.4, -0.2) is 10.4 Å². The van der Waals surface area contributed by atoms with E-state index in [1.165, 1.54) is 5.56 Å². The van der Waals surface area contributed by atoms with Gasteiger partial charge in [0, 0.05) is 5.75 Å². The van der Waals surface area contributed by atoms with Gasteiger partial charge in [0.1, 0.15) is 0 Å². The van der Waals surface area contributed by atoms with Crippen molar-refractivity contribution < 1.29 is 5.11 Å². The molecule has 2 aromatic carbocycles. The Labute approximate surface area is 118 Å². The van der Waals surface area contributed by atoms with Gasteiger partial charge in [-0.2, -0.15) is 0 Å². The van der Waals surface area contributed by atoms with Crippen LogP contribution in [0, 0.1) is 0 Å².